The summed E-state index contributed by atoms with van der Waals surface area (Å²) >= 11 is 0. The normalized spacial score (nSPS) is 14.8. The van der Waals surface area contributed by atoms with E-state index in [0.29, 0.717) is 38.5 Å². The molecule has 0 spiro atoms. The summed E-state index contributed by atoms with van der Waals surface area (Å²) in [6.07, 6.45) is 1.34. The molecular formula is C18H27N3O5. The Morgan fingerprint density at radius 3 is 2.50 bits per heavy atom. The second-order valence-electron chi connectivity index (χ2n) is 6.90. The zero-order chi connectivity index (χ0) is 19.2. The largest absolute Gasteiger partial charge is 0.482 e. The minimum atomic E-state index is -0.500. The van der Waals surface area contributed by atoms with Crippen LogP contribution < -0.4 is 9.64 Å². The lowest BCUT2D eigenvalue weighted by molar-refractivity contribution is -0.145. The molecule has 1 aromatic rings. The number of aromatic nitrogens is 1. The Bertz CT molecular complexity index is 621. The van der Waals surface area contributed by atoms with E-state index in [1.807, 2.05) is 20.8 Å². The van der Waals surface area contributed by atoms with Gasteiger partial charge in [-0.2, -0.15) is 0 Å². The van der Waals surface area contributed by atoms with Gasteiger partial charge in [-0.25, -0.2) is 14.6 Å². The summed E-state index contributed by atoms with van der Waals surface area (Å²) < 4.78 is 15.7. The lowest BCUT2D eigenvalue weighted by atomic mass is 10.2. The van der Waals surface area contributed by atoms with Crippen LogP contribution in [0.1, 0.15) is 27.7 Å². The van der Waals surface area contributed by atoms with Crippen LogP contribution in [0, 0.1) is 0 Å². The summed E-state index contributed by atoms with van der Waals surface area (Å²) in [7, 11) is 0. The number of carbonyl (C=O) groups excluding carboxylic acids is 2. The Morgan fingerprint density at radius 1 is 1.19 bits per heavy atom. The van der Waals surface area contributed by atoms with Crippen LogP contribution in [0.2, 0.25) is 0 Å². The van der Waals surface area contributed by atoms with E-state index in [9.17, 15) is 9.59 Å². The molecule has 1 fully saturated rings. The van der Waals surface area contributed by atoms with E-state index in [-0.39, 0.29) is 12.7 Å². The summed E-state index contributed by atoms with van der Waals surface area (Å²) in [5.41, 5.74) is -0.500. The molecule has 26 heavy (non-hydrogen) atoms. The molecule has 0 atom stereocenters. The molecular weight excluding hydrogens is 338 g/mol. The zero-order valence-corrected chi connectivity index (χ0v) is 15.9. The van der Waals surface area contributed by atoms with Crippen LogP contribution in [0.15, 0.2) is 18.3 Å². The molecule has 8 heteroatoms. The van der Waals surface area contributed by atoms with Crippen molar-refractivity contribution in [3.8, 4) is 5.75 Å². The van der Waals surface area contributed by atoms with E-state index in [1.54, 1.807) is 30.2 Å². The van der Waals surface area contributed by atoms with Crippen molar-refractivity contribution in [3.63, 3.8) is 0 Å². The van der Waals surface area contributed by atoms with Gasteiger partial charge >= 0.3 is 12.1 Å². The smallest absolute Gasteiger partial charge is 0.410 e. The number of carbonyl (C=O) groups is 2. The van der Waals surface area contributed by atoms with Gasteiger partial charge in [-0.3, -0.25) is 0 Å². The molecule has 0 radical (unpaired) electrons. The molecule has 0 unspecified atom stereocenters. The fourth-order valence-corrected chi connectivity index (χ4v) is 2.45. The van der Waals surface area contributed by atoms with Crippen molar-refractivity contribution in [2.45, 2.75) is 33.3 Å². The van der Waals surface area contributed by atoms with Gasteiger partial charge in [0.25, 0.3) is 0 Å². The average Bonchev–Trinajstić information content (AvgIpc) is 2.59. The van der Waals surface area contributed by atoms with Crippen LogP contribution in [-0.4, -0.2) is 66.9 Å². The molecule has 0 saturated carbocycles. The topological polar surface area (TPSA) is 81.2 Å². The SMILES string of the molecule is CCOC(=O)COc1ccnc(N2CCN(C(=O)OC(C)(C)C)CC2)c1. The predicted molar refractivity (Wildman–Crippen MR) is 96.4 cm³/mol. The molecule has 2 rings (SSSR count). The monoisotopic (exact) mass is 365 g/mol. The summed E-state index contributed by atoms with van der Waals surface area (Å²) in [6, 6.07) is 3.47. The highest BCUT2D eigenvalue weighted by Gasteiger charge is 2.26. The van der Waals surface area contributed by atoms with Crippen LogP contribution in [0.25, 0.3) is 0 Å². The Morgan fingerprint density at radius 2 is 1.88 bits per heavy atom. The average molecular weight is 365 g/mol. The maximum Gasteiger partial charge on any atom is 0.410 e. The van der Waals surface area contributed by atoms with Crippen molar-refractivity contribution in [2.24, 2.45) is 0 Å². The number of rotatable bonds is 5. The lowest BCUT2D eigenvalue weighted by Crippen LogP contribution is -2.50. The quantitative estimate of drug-likeness (QED) is 0.739. The van der Waals surface area contributed by atoms with Gasteiger partial charge in [-0.1, -0.05) is 0 Å². The summed E-state index contributed by atoms with van der Waals surface area (Å²) in [5, 5.41) is 0. The third-order valence-electron chi connectivity index (χ3n) is 3.63. The molecule has 2 heterocycles. The van der Waals surface area contributed by atoms with Gasteiger partial charge in [0.2, 0.25) is 0 Å². The second-order valence-corrected chi connectivity index (χ2v) is 6.90. The first-order valence-corrected chi connectivity index (χ1v) is 8.76. The van der Waals surface area contributed by atoms with Gasteiger partial charge in [0.15, 0.2) is 6.61 Å². The van der Waals surface area contributed by atoms with Gasteiger partial charge in [0.1, 0.15) is 17.2 Å². The molecule has 0 bridgehead atoms. The number of piperazine rings is 1. The second kappa shape index (κ2) is 8.73. The number of anilines is 1. The Balaban J connectivity index is 1.88. The first kappa shape index (κ1) is 19.8. The predicted octanol–water partition coefficient (Wildman–Crippen LogP) is 2.08. The van der Waals surface area contributed by atoms with E-state index >= 15 is 0 Å². The van der Waals surface area contributed by atoms with Crippen LogP contribution in [0.3, 0.4) is 0 Å². The molecule has 0 N–H and O–H groups in total. The summed E-state index contributed by atoms with van der Waals surface area (Å²) in [4.78, 5) is 31.6. The molecule has 1 saturated heterocycles. The number of nitrogens with zero attached hydrogens (tertiary/aromatic N) is 3. The van der Waals surface area contributed by atoms with Gasteiger partial charge in [-0.15, -0.1) is 0 Å². The fourth-order valence-electron chi connectivity index (χ4n) is 2.45. The van der Waals surface area contributed by atoms with E-state index < -0.39 is 11.6 Å². The standard InChI is InChI=1S/C18H27N3O5/c1-5-24-16(22)13-25-14-6-7-19-15(12-14)20-8-10-21(11-9-20)17(23)26-18(2,3)4/h6-7,12H,5,8-11,13H2,1-4H3. The maximum absolute atomic E-state index is 12.1. The van der Waals surface area contributed by atoms with Gasteiger partial charge in [0, 0.05) is 38.4 Å². The van der Waals surface area contributed by atoms with E-state index in [2.05, 4.69) is 9.88 Å². The Kier molecular flexibility index (Phi) is 6.65. The Hall–Kier alpha value is -2.51. The van der Waals surface area contributed by atoms with Crippen LogP contribution >= 0.6 is 0 Å². The van der Waals surface area contributed by atoms with Crippen molar-refractivity contribution in [1.82, 2.24) is 9.88 Å². The first-order valence-electron chi connectivity index (χ1n) is 8.76. The molecule has 144 valence electrons. The van der Waals surface area contributed by atoms with Crippen LogP contribution in [0.4, 0.5) is 10.6 Å². The molecule has 8 nitrogen and oxygen atoms in total. The highest BCUT2D eigenvalue weighted by atomic mass is 16.6. The lowest BCUT2D eigenvalue weighted by Gasteiger charge is -2.36. The first-order chi connectivity index (χ1) is 12.3. The van der Waals surface area contributed by atoms with Gasteiger partial charge in [0.05, 0.1) is 6.61 Å². The van der Waals surface area contributed by atoms with Crippen molar-refractivity contribution in [3.05, 3.63) is 18.3 Å². The zero-order valence-electron chi connectivity index (χ0n) is 15.9. The molecule has 1 amide bonds. The maximum atomic E-state index is 12.1. The van der Waals surface area contributed by atoms with E-state index in [4.69, 9.17) is 14.2 Å². The number of pyridine rings is 1. The van der Waals surface area contributed by atoms with E-state index in [0.717, 1.165) is 5.82 Å². The van der Waals surface area contributed by atoms with Crippen molar-refractivity contribution in [1.29, 1.82) is 0 Å². The van der Waals surface area contributed by atoms with Gasteiger partial charge < -0.3 is 24.0 Å². The minimum Gasteiger partial charge on any atom is -0.482 e. The number of esters is 1. The Labute approximate surface area is 154 Å². The van der Waals surface area contributed by atoms with E-state index in [1.165, 1.54) is 0 Å². The highest BCUT2D eigenvalue weighted by molar-refractivity contribution is 5.71. The number of amides is 1. The third kappa shape index (κ3) is 6.09. The minimum absolute atomic E-state index is 0.135. The van der Waals surface area contributed by atoms with Crippen LogP contribution in [0.5, 0.6) is 5.75 Å². The van der Waals surface area contributed by atoms with Crippen molar-refractivity contribution < 1.29 is 23.8 Å². The summed E-state index contributed by atoms with van der Waals surface area (Å²) in [5.74, 6) is 0.893. The number of ether oxygens (including phenoxy) is 3. The van der Waals surface area contributed by atoms with Gasteiger partial charge in [-0.05, 0) is 33.8 Å². The fraction of sp³-hybridized carbons (Fsp3) is 0.611. The number of hydrogen-bond donors (Lipinski definition) is 0. The van der Waals surface area contributed by atoms with Crippen molar-refractivity contribution in [2.75, 3.05) is 44.3 Å². The molecule has 0 aromatic carbocycles. The van der Waals surface area contributed by atoms with Crippen LogP contribution in [-0.2, 0) is 14.3 Å². The van der Waals surface area contributed by atoms with Crippen molar-refractivity contribution >= 4 is 17.9 Å². The molecule has 1 aromatic heterocycles. The summed E-state index contributed by atoms with van der Waals surface area (Å²) in [6.45, 7) is 9.91. The molecule has 1 aliphatic rings. The molecule has 1 aliphatic heterocycles. The molecule has 0 aliphatic carbocycles. The highest BCUT2D eigenvalue weighted by Crippen LogP contribution is 2.20. The number of hydrogen-bond acceptors (Lipinski definition) is 7. The third-order valence-corrected chi connectivity index (χ3v) is 3.63.